The summed E-state index contributed by atoms with van der Waals surface area (Å²) < 4.78 is 5.47. The maximum absolute atomic E-state index is 5.64. The van der Waals surface area contributed by atoms with Crippen LogP contribution in [0.25, 0.3) is 11.3 Å². The molecule has 20 heavy (non-hydrogen) atoms. The van der Waals surface area contributed by atoms with Gasteiger partial charge in [0.2, 0.25) is 0 Å². The SMILES string of the molecule is COc1ccc(-c2nc[nH]c2CCN)cc1C(C)(C)C. The Kier molecular flexibility index (Phi) is 4.14. The summed E-state index contributed by atoms with van der Waals surface area (Å²) in [7, 11) is 1.71. The predicted molar refractivity (Wildman–Crippen MR) is 82.0 cm³/mol. The Bertz CT molecular complexity index is 582. The van der Waals surface area contributed by atoms with Crippen molar-refractivity contribution in [2.24, 2.45) is 5.73 Å². The van der Waals surface area contributed by atoms with E-state index in [0.717, 1.165) is 29.1 Å². The normalized spacial score (nSPS) is 11.7. The monoisotopic (exact) mass is 273 g/mol. The number of hydrogen-bond donors (Lipinski definition) is 2. The molecule has 0 atom stereocenters. The van der Waals surface area contributed by atoms with Gasteiger partial charge in [0.05, 0.1) is 19.1 Å². The van der Waals surface area contributed by atoms with Crippen molar-refractivity contribution in [3.8, 4) is 17.0 Å². The fraction of sp³-hybridized carbons (Fsp3) is 0.438. The Balaban J connectivity index is 2.50. The van der Waals surface area contributed by atoms with E-state index in [0.29, 0.717) is 6.54 Å². The number of aromatic nitrogens is 2. The van der Waals surface area contributed by atoms with Crippen molar-refractivity contribution in [2.75, 3.05) is 13.7 Å². The van der Waals surface area contributed by atoms with Crippen molar-refractivity contribution >= 4 is 0 Å². The molecular weight excluding hydrogens is 250 g/mol. The third-order valence-corrected chi connectivity index (χ3v) is 3.39. The molecule has 0 bridgehead atoms. The first-order valence-electron chi connectivity index (χ1n) is 6.88. The van der Waals surface area contributed by atoms with Crippen molar-refractivity contribution in [2.45, 2.75) is 32.6 Å². The largest absolute Gasteiger partial charge is 0.496 e. The molecule has 1 aromatic carbocycles. The minimum absolute atomic E-state index is 0.0195. The van der Waals surface area contributed by atoms with Crippen molar-refractivity contribution < 1.29 is 4.74 Å². The van der Waals surface area contributed by atoms with Crippen LogP contribution in [0.5, 0.6) is 5.75 Å². The Morgan fingerprint density at radius 2 is 2.05 bits per heavy atom. The molecule has 0 saturated carbocycles. The molecule has 1 heterocycles. The van der Waals surface area contributed by atoms with Crippen LogP contribution in [0, 0.1) is 0 Å². The maximum Gasteiger partial charge on any atom is 0.122 e. The van der Waals surface area contributed by atoms with E-state index in [1.165, 1.54) is 5.56 Å². The molecule has 2 aromatic rings. The Hall–Kier alpha value is -1.81. The van der Waals surface area contributed by atoms with E-state index in [4.69, 9.17) is 10.5 Å². The van der Waals surface area contributed by atoms with Crippen LogP contribution in [0.15, 0.2) is 24.5 Å². The fourth-order valence-corrected chi connectivity index (χ4v) is 2.35. The lowest BCUT2D eigenvalue weighted by atomic mass is 9.85. The van der Waals surface area contributed by atoms with Gasteiger partial charge < -0.3 is 15.5 Å². The Labute approximate surface area is 120 Å². The van der Waals surface area contributed by atoms with E-state index in [1.54, 1.807) is 13.4 Å². The summed E-state index contributed by atoms with van der Waals surface area (Å²) in [4.78, 5) is 7.60. The molecule has 108 valence electrons. The third kappa shape index (κ3) is 2.85. The number of aromatic amines is 1. The summed E-state index contributed by atoms with van der Waals surface area (Å²) in [5.41, 5.74) is 10.00. The summed E-state index contributed by atoms with van der Waals surface area (Å²) in [5.74, 6) is 0.914. The topological polar surface area (TPSA) is 63.9 Å². The minimum atomic E-state index is 0.0195. The first-order valence-corrected chi connectivity index (χ1v) is 6.88. The number of rotatable bonds is 4. The number of H-pyrrole nitrogens is 1. The van der Waals surface area contributed by atoms with Gasteiger partial charge in [-0.15, -0.1) is 0 Å². The molecule has 0 saturated heterocycles. The van der Waals surface area contributed by atoms with E-state index >= 15 is 0 Å². The van der Waals surface area contributed by atoms with E-state index in [1.807, 2.05) is 12.1 Å². The zero-order chi connectivity index (χ0) is 14.8. The summed E-state index contributed by atoms with van der Waals surface area (Å²) in [6.07, 6.45) is 2.52. The minimum Gasteiger partial charge on any atom is -0.496 e. The highest BCUT2D eigenvalue weighted by Crippen LogP contribution is 2.35. The first-order chi connectivity index (χ1) is 9.47. The standard InChI is InChI=1S/C16H23N3O/c1-16(2,3)12-9-11(5-6-14(12)20-4)15-13(7-8-17)18-10-19-15/h5-6,9-10H,7-8,17H2,1-4H3,(H,18,19). The maximum atomic E-state index is 5.64. The van der Waals surface area contributed by atoms with E-state index in [-0.39, 0.29) is 5.41 Å². The highest BCUT2D eigenvalue weighted by molar-refractivity contribution is 5.65. The second-order valence-corrected chi connectivity index (χ2v) is 5.93. The molecule has 0 unspecified atom stereocenters. The number of methoxy groups -OCH3 is 1. The van der Waals surface area contributed by atoms with Crippen LogP contribution < -0.4 is 10.5 Å². The summed E-state index contributed by atoms with van der Waals surface area (Å²) in [6, 6.07) is 6.22. The van der Waals surface area contributed by atoms with Crippen LogP contribution in [0.2, 0.25) is 0 Å². The molecule has 4 nitrogen and oxygen atoms in total. The summed E-state index contributed by atoms with van der Waals surface area (Å²) in [6.45, 7) is 7.15. The van der Waals surface area contributed by atoms with Gasteiger partial charge in [-0.3, -0.25) is 0 Å². The molecule has 0 aliphatic heterocycles. The highest BCUT2D eigenvalue weighted by atomic mass is 16.5. The number of benzene rings is 1. The first kappa shape index (κ1) is 14.6. The summed E-state index contributed by atoms with van der Waals surface area (Å²) >= 11 is 0. The number of nitrogens with zero attached hydrogens (tertiary/aromatic N) is 1. The number of hydrogen-bond acceptors (Lipinski definition) is 3. The van der Waals surface area contributed by atoms with Gasteiger partial charge in [0.15, 0.2) is 0 Å². The average molecular weight is 273 g/mol. The van der Waals surface area contributed by atoms with Gasteiger partial charge in [0, 0.05) is 23.2 Å². The number of imidazole rings is 1. The van der Waals surface area contributed by atoms with Crippen LogP contribution in [0.1, 0.15) is 32.0 Å². The third-order valence-electron chi connectivity index (χ3n) is 3.39. The Morgan fingerprint density at radius 1 is 1.30 bits per heavy atom. The fourth-order valence-electron chi connectivity index (χ4n) is 2.35. The van der Waals surface area contributed by atoms with Crippen molar-refractivity contribution in [3.05, 3.63) is 35.8 Å². The molecule has 4 heteroatoms. The van der Waals surface area contributed by atoms with Gasteiger partial charge in [-0.1, -0.05) is 20.8 Å². The van der Waals surface area contributed by atoms with Gasteiger partial charge in [-0.05, 0) is 30.2 Å². The molecular formula is C16H23N3O. The number of nitrogens with one attached hydrogen (secondary N) is 1. The van der Waals surface area contributed by atoms with Crippen LogP contribution in [0.4, 0.5) is 0 Å². The van der Waals surface area contributed by atoms with Gasteiger partial charge in [-0.25, -0.2) is 4.98 Å². The van der Waals surface area contributed by atoms with E-state index < -0.39 is 0 Å². The molecule has 0 aliphatic carbocycles. The van der Waals surface area contributed by atoms with Crippen molar-refractivity contribution in [3.63, 3.8) is 0 Å². The van der Waals surface area contributed by atoms with E-state index in [9.17, 15) is 0 Å². The second kappa shape index (κ2) is 5.67. The Morgan fingerprint density at radius 3 is 2.65 bits per heavy atom. The lowest BCUT2D eigenvalue weighted by Crippen LogP contribution is -2.13. The zero-order valence-electron chi connectivity index (χ0n) is 12.7. The second-order valence-electron chi connectivity index (χ2n) is 5.93. The zero-order valence-corrected chi connectivity index (χ0v) is 12.7. The molecule has 0 aliphatic rings. The lowest BCUT2D eigenvalue weighted by molar-refractivity contribution is 0.397. The highest BCUT2D eigenvalue weighted by Gasteiger charge is 2.20. The van der Waals surface area contributed by atoms with Gasteiger partial charge in [0.25, 0.3) is 0 Å². The molecule has 2 rings (SSSR count). The van der Waals surface area contributed by atoms with Crippen molar-refractivity contribution in [1.29, 1.82) is 0 Å². The molecule has 0 amide bonds. The molecule has 3 N–H and O–H groups in total. The van der Waals surface area contributed by atoms with Gasteiger partial charge in [-0.2, -0.15) is 0 Å². The summed E-state index contributed by atoms with van der Waals surface area (Å²) in [5, 5.41) is 0. The molecule has 0 fully saturated rings. The van der Waals surface area contributed by atoms with Crippen molar-refractivity contribution in [1.82, 2.24) is 9.97 Å². The van der Waals surface area contributed by atoms with Crippen LogP contribution >= 0.6 is 0 Å². The lowest BCUT2D eigenvalue weighted by Gasteiger charge is -2.22. The molecule has 1 aromatic heterocycles. The predicted octanol–water partition coefficient (Wildman–Crippen LogP) is 2.88. The van der Waals surface area contributed by atoms with Gasteiger partial charge >= 0.3 is 0 Å². The van der Waals surface area contributed by atoms with Gasteiger partial charge in [0.1, 0.15) is 5.75 Å². The smallest absolute Gasteiger partial charge is 0.122 e. The van der Waals surface area contributed by atoms with Crippen LogP contribution in [-0.4, -0.2) is 23.6 Å². The average Bonchev–Trinajstić information content (AvgIpc) is 2.85. The molecule has 0 radical (unpaired) electrons. The number of ether oxygens (including phenoxy) is 1. The molecule has 0 spiro atoms. The van der Waals surface area contributed by atoms with E-state index in [2.05, 4.69) is 36.8 Å². The van der Waals surface area contributed by atoms with Crippen LogP contribution in [0.3, 0.4) is 0 Å². The quantitative estimate of drug-likeness (QED) is 0.900. The number of nitrogens with two attached hydrogens (primary N) is 1. The van der Waals surface area contributed by atoms with Crippen LogP contribution in [-0.2, 0) is 11.8 Å².